The van der Waals surface area contributed by atoms with Crippen molar-refractivity contribution < 1.29 is 5.11 Å². The van der Waals surface area contributed by atoms with Gasteiger partial charge < -0.3 is 9.67 Å². The fourth-order valence-corrected chi connectivity index (χ4v) is 3.26. The van der Waals surface area contributed by atoms with E-state index in [9.17, 15) is 5.11 Å². The number of thioether (sulfide) groups is 1. The Labute approximate surface area is 108 Å². The van der Waals surface area contributed by atoms with Crippen LogP contribution < -0.4 is 0 Å². The third-order valence-corrected chi connectivity index (χ3v) is 4.31. The summed E-state index contributed by atoms with van der Waals surface area (Å²) in [6, 6.07) is 2.18. The Bertz CT molecular complexity index is 409. The van der Waals surface area contributed by atoms with Crippen molar-refractivity contribution in [1.29, 1.82) is 0 Å². The zero-order valence-electron chi connectivity index (χ0n) is 11.3. The van der Waals surface area contributed by atoms with E-state index in [1.54, 1.807) is 0 Å². The maximum absolute atomic E-state index is 10.2. The molecule has 0 fully saturated rings. The van der Waals surface area contributed by atoms with E-state index in [0.29, 0.717) is 0 Å². The average molecular weight is 253 g/mol. The number of fused-ring (bicyclic) bond motifs is 1. The number of nitrogens with zero attached hydrogens (tertiary/aromatic N) is 1. The van der Waals surface area contributed by atoms with Gasteiger partial charge in [-0.05, 0) is 37.5 Å². The maximum atomic E-state index is 10.2. The molecule has 96 valence electrons. The van der Waals surface area contributed by atoms with E-state index in [-0.39, 0.29) is 11.5 Å². The van der Waals surface area contributed by atoms with Crippen LogP contribution in [0.1, 0.15) is 43.3 Å². The van der Waals surface area contributed by atoms with E-state index < -0.39 is 0 Å². The van der Waals surface area contributed by atoms with Gasteiger partial charge in [0.2, 0.25) is 0 Å². The smallest absolute Gasteiger partial charge is 0.0812 e. The molecule has 1 heterocycles. The van der Waals surface area contributed by atoms with Gasteiger partial charge in [0.05, 0.1) is 6.10 Å². The van der Waals surface area contributed by atoms with E-state index in [4.69, 9.17) is 0 Å². The van der Waals surface area contributed by atoms with Crippen molar-refractivity contribution in [2.45, 2.75) is 46.3 Å². The number of aryl methyl sites for hydroxylation is 1. The minimum absolute atomic E-state index is 0.217. The van der Waals surface area contributed by atoms with Gasteiger partial charge >= 0.3 is 0 Å². The van der Waals surface area contributed by atoms with E-state index in [0.717, 1.165) is 25.1 Å². The van der Waals surface area contributed by atoms with Crippen LogP contribution in [0.3, 0.4) is 0 Å². The van der Waals surface area contributed by atoms with Crippen LogP contribution in [0.5, 0.6) is 0 Å². The molecule has 1 aliphatic rings. The highest BCUT2D eigenvalue weighted by molar-refractivity contribution is 7.98. The third-order valence-electron chi connectivity index (χ3n) is 3.72. The first-order chi connectivity index (χ1) is 7.94. The van der Waals surface area contributed by atoms with Crippen LogP contribution in [-0.4, -0.2) is 21.7 Å². The normalized spacial score (nSPS) is 22.5. The van der Waals surface area contributed by atoms with E-state index in [2.05, 4.69) is 37.7 Å². The first-order valence-electron chi connectivity index (χ1n) is 6.30. The van der Waals surface area contributed by atoms with Gasteiger partial charge in [0.25, 0.3) is 0 Å². The quantitative estimate of drug-likeness (QED) is 0.895. The summed E-state index contributed by atoms with van der Waals surface area (Å²) < 4.78 is 2.40. The molecule has 1 aliphatic carbocycles. The zero-order valence-corrected chi connectivity index (χ0v) is 12.1. The summed E-state index contributed by atoms with van der Waals surface area (Å²) in [5, 5.41) is 10.2. The lowest BCUT2D eigenvalue weighted by Gasteiger charge is -2.34. The predicted molar refractivity (Wildman–Crippen MR) is 74.6 cm³/mol. The molecule has 1 atom stereocenters. The molecule has 3 heteroatoms. The van der Waals surface area contributed by atoms with Gasteiger partial charge in [-0.15, -0.1) is 0 Å². The van der Waals surface area contributed by atoms with Crippen molar-refractivity contribution in [2.75, 3.05) is 12.0 Å². The molecule has 1 aromatic rings. The number of hydrogen-bond donors (Lipinski definition) is 1. The van der Waals surface area contributed by atoms with Crippen LogP contribution in [0.4, 0.5) is 0 Å². The van der Waals surface area contributed by atoms with Crippen LogP contribution in [0, 0.1) is 12.3 Å². The predicted octanol–water partition coefficient (Wildman–Crippen LogP) is 3.17. The summed E-state index contributed by atoms with van der Waals surface area (Å²) in [5.41, 5.74) is 4.04. The fourth-order valence-electron chi connectivity index (χ4n) is 2.89. The molecule has 2 nitrogen and oxygen atoms in total. The molecule has 1 N–H and O–H groups in total. The molecule has 1 unspecified atom stereocenters. The molecule has 0 radical (unpaired) electrons. The Kier molecular flexibility index (Phi) is 3.60. The van der Waals surface area contributed by atoms with Crippen LogP contribution >= 0.6 is 11.8 Å². The second kappa shape index (κ2) is 4.69. The molecule has 2 rings (SSSR count). The molecule has 0 aromatic carbocycles. The second-order valence-electron chi connectivity index (χ2n) is 5.89. The van der Waals surface area contributed by atoms with E-state index >= 15 is 0 Å². The van der Waals surface area contributed by atoms with E-state index in [1.165, 1.54) is 17.0 Å². The first kappa shape index (κ1) is 13.0. The zero-order chi connectivity index (χ0) is 12.6. The number of aliphatic hydroxyl groups excluding tert-OH is 1. The van der Waals surface area contributed by atoms with Crippen molar-refractivity contribution in [3.8, 4) is 0 Å². The second-order valence-corrected chi connectivity index (χ2v) is 6.88. The fraction of sp³-hybridized carbons (Fsp3) is 0.714. The molecular weight excluding hydrogens is 230 g/mol. The first-order valence-corrected chi connectivity index (χ1v) is 7.70. The number of hydrogen-bond acceptors (Lipinski definition) is 2. The van der Waals surface area contributed by atoms with E-state index in [1.807, 2.05) is 11.8 Å². The number of rotatable bonds is 3. The summed E-state index contributed by atoms with van der Waals surface area (Å²) in [6.07, 6.45) is 3.83. The van der Waals surface area contributed by atoms with Gasteiger partial charge in [0.1, 0.15) is 0 Å². The van der Waals surface area contributed by atoms with Gasteiger partial charge in [-0.2, -0.15) is 11.8 Å². The van der Waals surface area contributed by atoms with Crippen LogP contribution in [-0.2, 0) is 13.0 Å². The molecule has 0 bridgehead atoms. The Hall–Kier alpha value is -0.410. The molecule has 0 amide bonds. The van der Waals surface area contributed by atoms with Gasteiger partial charge in [-0.25, -0.2) is 0 Å². The summed E-state index contributed by atoms with van der Waals surface area (Å²) in [7, 11) is 0. The lowest BCUT2D eigenvalue weighted by atomic mass is 9.75. The van der Waals surface area contributed by atoms with Crippen molar-refractivity contribution in [3.63, 3.8) is 0 Å². The highest BCUT2D eigenvalue weighted by atomic mass is 32.2. The summed E-state index contributed by atoms with van der Waals surface area (Å²) in [5.74, 6) is 1.14. The average Bonchev–Trinajstić information content (AvgIpc) is 2.51. The minimum atomic E-state index is -0.275. The summed E-state index contributed by atoms with van der Waals surface area (Å²) in [4.78, 5) is 0. The summed E-state index contributed by atoms with van der Waals surface area (Å²) in [6.45, 7) is 7.71. The molecule has 0 saturated heterocycles. The molecule has 1 aromatic heterocycles. The minimum Gasteiger partial charge on any atom is -0.388 e. The lowest BCUT2D eigenvalue weighted by Crippen LogP contribution is -2.27. The maximum Gasteiger partial charge on any atom is 0.0812 e. The molecule has 17 heavy (non-hydrogen) atoms. The van der Waals surface area contributed by atoms with Crippen molar-refractivity contribution in [1.82, 2.24) is 4.57 Å². The Balaban J connectivity index is 2.36. The van der Waals surface area contributed by atoms with Crippen LogP contribution in [0.2, 0.25) is 0 Å². The molecular formula is C14H23NOS. The molecule has 0 saturated carbocycles. The SMILES string of the molecule is CSCCn1c(C)cc2c1CC(C)(C)CC2O. The highest BCUT2D eigenvalue weighted by Crippen LogP contribution is 2.41. The Morgan fingerprint density at radius 3 is 2.88 bits per heavy atom. The van der Waals surface area contributed by atoms with Gasteiger partial charge in [0, 0.05) is 29.2 Å². The van der Waals surface area contributed by atoms with Crippen molar-refractivity contribution >= 4 is 11.8 Å². The highest BCUT2D eigenvalue weighted by Gasteiger charge is 2.33. The monoisotopic (exact) mass is 253 g/mol. The van der Waals surface area contributed by atoms with Crippen molar-refractivity contribution in [2.24, 2.45) is 5.41 Å². The van der Waals surface area contributed by atoms with Gasteiger partial charge in [0.15, 0.2) is 0 Å². The number of aliphatic hydroxyl groups is 1. The van der Waals surface area contributed by atoms with Crippen molar-refractivity contribution in [3.05, 3.63) is 23.0 Å². The standard InChI is InChI=1S/C14H23NOS/c1-10-7-11-12(15(10)5-6-17-4)8-14(2,3)9-13(11)16/h7,13,16H,5-6,8-9H2,1-4H3. The molecule has 0 aliphatic heterocycles. The van der Waals surface area contributed by atoms with Crippen LogP contribution in [0.25, 0.3) is 0 Å². The van der Waals surface area contributed by atoms with Crippen LogP contribution in [0.15, 0.2) is 6.07 Å². The largest absolute Gasteiger partial charge is 0.388 e. The Morgan fingerprint density at radius 2 is 2.24 bits per heavy atom. The summed E-state index contributed by atoms with van der Waals surface area (Å²) >= 11 is 1.88. The number of aromatic nitrogens is 1. The lowest BCUT2D eigenvalue weighted by molar-refractivity contribution is 0.0980. The topological polar surface area (TPSA) is 25.2 Å². The van der Waals surface area contributed by atoms with Gasteiger partial charge in [-0.1, -0.05) is 13.8 Å². The Morgan fingerprint density at radius 1 is 1.53 bits per heavy atom. The molecule has 0 spiro atoms. The third kappa shape index (κ3) is 2.55. The van der Waals surface area contributed by atoms with Gasteiger partial charge in [-0.3, -0.25) is 0 Å².